The Morgan fingerprint density at radius 2 is 2.00 bits per heavy atom. The van der Waals surface area contributed by atoms with Crippen LogP contribution in [0.5, 0.6) is 0 Å². The lowest BCUT2D eigenvalue weighted by Gasteiger charge is -2.42. The van der Waals surface area contributed by atoms with Crippen LogP contribution in [-0.2, 0) is 4.79 Å². The van der Waals surface area contributed by atoms with Gasteiger partial charge >= 0.3 is 0 Å². The van der Waals surface area contributed by atoms with E-state index in [0.717, 1.165) is 20.7 Å². The van der Waals surface area contributed by atoms with Crippen LogP contribution in [-0.4, -0.2) is 26.3 Å². The largest absolute Gasteiger partial charge is 0.467 e. The highest BCUT2D eigenvalue weighted by atomic mass is 35.5. The van der Waals surface area contributed by atoms with E-state index >= 15 is 0 Å². The van der Waals surface area contributed by atoms with Crippen molar-refractivity contribution in [2.24, 2.45) is 0 Å². The van der Waals surface area contributed by atoms with Crippen LogP contribution in [0.25, 0.3) is 20.7 Å². The van der Waals surface area contributed by atoms with Gasteiger partial charge in [-0.1, -0.05) is 30.3 Å². The Kier molecular flexibility index (Phi) is 3.84. The second kappa shape index (κ2) is 6.37. The highest BCUT2D eigenvalue weighted by molar-refractivity contribution is 7.22. The predicted molar refractivity (Wildman–Crippen MR) is 104 cm³/mol. The molecule has 0 radical (unpaired) electrons. The highest BCUT2D eigenvalue weighted by Crippen LogP contribution is 2.41. The van der Waals surface area contributed by atoms with E-state index in [-0.39, 0.29) is 11.9 Å². The Hall–Kier alpha value is -2.90. The number of hydrazine groups is 1. The lowest BCUT2D eigenvalue weighted by Crippen LogP contribution is -2.58. The minimum absolute atomic E-state index is 0.218. The van der Waals surface area contributed by atoms with Gasteiger partial charge in [0.25, 0.3) is 5.91 Å². The summed E-state index contributed by atoms with van der Waals surface area (Å²) in [5.41, 5.74) is 5.04. The van der Waals surface area contributed by atoms with Crippen LogP contribution in [0.3, 0.4) is 0 Å². The van der Waals surface area contributed by atoms with Gasteiger partial charge in [0, 0.05) is 4.88 Å². The number of benzene rings is 1. The first-order valence-corrected chi connectivity index (χ1v) is 9.55. The van der Waals surface area contributed by atoms with Crippen molar-refractivity contribution in [2.75, 3.05) is 5.43 Å². The van der Waals surface area contributed by atoms with E-state index in [9.17, 15) is 4.79 Å². The minimum atomic E-state index is -0.663. The third-order valence-electron chi connectivity index (χ3n) is 4.46. The number of fused-ring (bicyclic) bond motifs is 1. The molecule has 1 aliphatic rings. The molecule has 6 nitrogen and oxygen atoms in total. The second-order valence-electron chi connectivity index (χ2n) is 6.10. The first kappa shape index (κ1) is 16.3. The summed E-state index contributed by atoms with van der Waals surface area (Å²) in [4.78, 5) is 22.1. The van der Waals surface area contributed by atoms with Gasteiger partial charge in [0.05, 0.1) is 16.5 Å². The molecule has 134 valence electrons. The van der Waals surface area contributed by atoms with Gasteiger partial charge in [-0.15, -0.1) is 22.9 Å². The number of β-lactam (4-membered cyclic amide) rings is 1. The average molecular weight is 397 g/mol. The van der Waals surface area contributed by atoms with Crippen LogP contribution in [0, 0.1) is 0 Å². The number of carbonyl (C=O) groups excluding carboxylic acids is 1. The van der Waals surface area contributed by atoms with E-state index in [2.05, 4.69) is 27.5 Å². The Labute approximate surface area is 163 Å². The average Bonchev–Trinajstić information content (AvgIpc) is 3.38. The van der Waals surface area contributed by atoms with Crippen molar-refractivity contribution in [1.29, 1.82) is 0 Å². The maximum absolute atomic E-state index is 12.3. The number of halogens is 1. The normalized spacial score (nSPS) is 19.3. The monoisotopic (exact) mass is 396 g/mol. The van der Waals surface area contributed by atoms with Gasteiger partial charge in [-0.2, -0.15) is 0 Å². The molecule has 2 atom stereocenters. The zero-order valence-corrected chi connectivity index (χ0v) is 15.4. The van der Waals surface area contributed by atoms with Crippen LogP contribution in [0.15, 0.2) is 65.5 Å². The van der Waals surface area contributed by atoms with Gasteiger partial charge in [-0.3, -0.25) is 10.2 Å². The SMILES string of the molecule is O=C1C(Cl)C(c2ccco2)N1Nc1ncnc2cc(-c3ccccc3)sc12. The summed E-state index contributed by atoms with van der Waals surface area (Å²) < 4.78 is 6.30. The van der Waals surface area contributed by atoms with E-state index in [4.69, 9.17) is 16.0 Å². The molecule has 4 aromatic rings. The molecule has 0 spiro atoms. The van der Waals surface area contributed by atoms with Gasteiger partial charge < -0.3 is 4.42 Å². The van der Waals surface area contributed by atoms with Crippen LogP contribution in [0.2, 0.25) is 0 Å². The molecule has 5 rings (SSSR count). The van der Waals surface area contributed by atoms with Crippen molar-refractivity contribution < 1.29 is 9.21 Å². The molecule has 3 aromatic heterocycles. The van der Waals surface area contributed by atoms with E-state index in [1.54, 1.807) is 29.7 Å². The van der Waals surface area contributed by atoms with Gasteiger partial charge in [-0.05, 0) is 23.8 Å². The van der Waals surface area contributed by atoms with Crippen molar-refractivity contribution in [2.45, 2.75) is 11.4 Å². The number of carbonyl (C=O) groups is 1. The fourth-order valence-corrected chi connectivity index (χ4v) is 4.50. The van der Waals surface area contributed by atoms with Crippen molar-refractivity contribution in [3.05, 3.63) is 66.9 Å². The predicted octanol–water partition coefficient (Wildman–Crippen LogP) is 4.47. The summed E-state index contributed by atoms with van der Waals surface area (Å²) in [7, 11) is 0. The maximum Gasteiger partial charge on any atom is 0.262 e. The molecule has 0 bridgehead atoms. The molecular weight excluding hydrogens is 384 g/mol. The standard InChI is InChI=1S/C19H13ClN4O2S/c20-15-16(13-7-4-8-26-13)24(19(15)25)23-18-17-12(21-10-22-18)9-14(27-17)11-5-2-1-3-6-11/h1-10,15-16H,(H,21,22,23). The van der Waals surface area contributed by atoms with Crippen molar-refractivity contribution >= 4 is 44.9 Å². The van der Waals surface area contributed by atoms with E-state index < -0.39 is 5.38 Å². The molecule has 1 aromatic carbocycles. The number of hydrogen-bond acceptors (Lipinski definition) is 6. The topological polar surface area (TPSA) is 71.3 Å². The van der Waals surface area contributed by atoms with E-state index in [0.29, 0.717) is 11.6 Å². The third-order valence-corrected chi connectivity index (χ3v) is 6.06. The van der Waals surface area contributed by atoms with Crippen LogP contribution in [0.4, 0.5) is 5.82 Å². The van der Waals surface area contributed by atoms with Crippen LogP contribution in [0.1, 0.15) is 11.8 Å². The minimum Gasteiger partial charge on any atom is -0.467 e. The summed E-state index contributed by atoms with van der Waals surface area (Å²) >= 11 is 7.77. The Morgan fingerprint density at radius 3 is 2.78 bits per heavy atom. The smallest absolute Gasteiger partial charge is 0.262 e. The molecule has 1 amide bonds. The van der Waals surface area contributed by atoms with Gasteiger partial charge in [-0.25, -0.2) is 15.0 Å². The number of anilines is 1. The number of hydrogen-bond donors (Lipinski definition) is 1. The van der Waals surface area contributed by atoms with Crippen LogP contribution < -0.4 is 5.43 Å². The first-order chi connectivity index (χ1) is 13.2. The number of nitrogens with one attached hydrogen (secondary N) is 1. The zero-order chi connectivity index (χ0) is 18.4. The van der Waals surface area contributed by atoms with E-state index in [1.165, 1.54) is 11.3 Å². The fraction of sp³-hybridized carbons (Fsp3) is 0.105. The Balaban J connectivity index is 1.50. The number of rotatable bonds is 4. The lowest BCUT2D eigenvalue weighted by molar-refractivity contribution is -0.143. The van der Waals surface area contributed by atoms with E-state index in [1.807, 2.05) is 24.3 Å². The fourth-order valence-electron chi connectivity index (χ4n) is 3.10. The number of aromatic nitrogens is 2. The van der Waals surface area contributed by atoms with Crippen LogP contribution >= 0.6 is 22.9 Å². The molecule has 27 heavy (non-hydrogen) atoms. The third kappa shape index (κ3) is 2.67. The molecule has 0 aliphatic carbocycles. The first-order valence-electron chi connectivity index (χ1n) is 8.29. The Bertz CT molecular complexity index is 1110. The lowest BCUT2D eigenvalue weighted by atomic mass is 10.0. The summed E-state index contributed by atoms with van der Waals surface area (Å²) in [6.07, 6.45) is 3.05. The van der Waals surface area contributed by atoms with Crippen molar-refractivity contribution in [3.63, 3.8) is 0 Å². The number of amides is 1. The molecule has 1 fully saturated rings. The highest BCUT2D eigenvalue weighted by Gasteiger charge is 2.49. The second-order valence-corrected chi connectivity index (χ2v) is 7.62. The van der Waals surface area contributed by atoms with Crippen molar-refractivity contribution in [1.82, 2.24) is 15.0 Å². The number of furan rings is 1. The molecule has 8 heteroatoms. The van der Waals surface area contributed by atoms with Gasteiger partial charge in [0.15, 0.2) is 5.82 Å². The molecule has 4 heterocycles. The maximum atomic E-state index is 12.3. The summed E-state index contributed by atoms with van der Waals surface area (Å²) in [6, 6.07) is 15.3. The van der Waals surface area contributed by atoms with Gasteiger partial charge in [0.1, 0.15) is 23.5 Å². The molecular formula is C19H13ClN4O2S. The van der Waals surface area contributed by atoms with Crippen molar-refractivity contribution in [3.8, 4) is 10.4 Å². The quantitative estimate of drug-likeness (QED) is 0.407. The number of thiophene rings is 1. The zero-order valence-electron chi connectivity index (χ0n) is 13.9. The van der Waals surface area contributed by atoms with Gasteiger partial charge in [0.2, 0.25) is 0 Å². The molecule has 0 saturated carbocycles. The number of nitrogens with zero attached hydrogens (tertiary/aromatic N) is 3. The molecule has 1 saturated heterocycles. The molecule has 1 aliphatic heterocycles. The molecule has 2 unspecified atom stereocenters. The molecule has 1 N–H and O–H groups in total. The summed E-state index contributed by atoms with van der Waals surface area (Å²) in [6.45, 7) is 0. The summed E-state index contributed by atoms with van der Waals surface area (Å²) in [5, 5.41) is 0.796. The summed E-state index contributed by atoms with van der Waals surface area (Å²) in [5.74, 6) is 0.980. The number of alkyl halides is 1. The Morgan fingerprint density at radius 1 is 1.15 bits per heavy atom.